The van der Waals surface area contributed by atoms with Gasteiger partial charge in [0, 0.05) is 25.0 Å². The van der Waals surface area contributed by atoms with Crippen molar-refractivity contribution in [3.8, 4) is 12.0 Å². The summed E-state index contributed by atoms with van der Waals surface area (Å²) in [4.78, 5) is 18.7. The third kappa shape index (κ3) is 2.51. The second-order valence-electron chi connectivity index (χ2n) is 4.60. The van der Waals surface area contributed by atoms with Crippen molar-refractivity contribution in [2.24, 2.45) is 0 Å². The predicted molar refractivity (Wildman–Crippen MR) is 72.0 cm³/mol. The second-order valence-corrected chi connectivity index (χ2v) is 4.60. The highest BCUT2D eigenvalue weighted by Gasteiger charge is 2.31. The van der Waals surface area contributed by atoms with Crippen LogP contribution in [0.3, 0.4) is 0 Å². The van der Waals surface area contributed by atoms with Gasteiger partial charge in [0.15, 0.2) is 0 Å². The van der Waals surface area contributed by atoms with Crippen LogP contribution in [-0.2, 0) is 0 Å². The number of nitrogens with two attached hydrogens (primary N) is 1. The maximum Gasteiger partial charge on any atom is 0.241 e. The molecule has 0 spiro atoms. The van der Waals surface area contributed by atoms with E-state index >= 15 is 0 Å². The number of nitrogens with zero attached hydrogens (tertiary/aromatic N) is 7. The molecular weight excluding hydrogens is 256 g/mol. The van der Waals surface area contributed by atoms with Gasteiger partial charge in [0.05, 0.1) is 12.5 Å². The Morgan fingerprint density at radius 1 is 1.40 bits per heavy atom. The maximum atomic E-state index is 8.76. The summed E-state index contributed by atoms with van der Waals surface area (Å²) in [6.07, 6.45) is 7.62. The molecule has 102 valence electrons. The highest BCUT2D eigenvalue weighted by Crippen LogP contribution is 2.30. The lowest BCUT2D eigenvalue weighted by atomic mass is 10.4. The number of hydrogen-bond donors (Lipinski definition) is 1. The number of nitriles is 1. The molecule has 1 aliphatic rings. The van der Waals surface area contributed by atoms with E-state index in [9.17, 15) is 0 Å². The van der Waals surface area contributed by atoms with Gasteiger partial charge in [0.1, 0.15) is 6.33 Å². The molecule has 0 aliphatic heterocycles. The standard InChI is InChI=1S/C12H14N8/c13-4-1-6-20(9-2-3-9)12-17-10(14)16-11(18-12)19-7-5-15-8-19/h5,7-9H,1-3,6H2,(H2,14,16,17,18). The SMILES string of the molecule is N#CCCN(c1nc(N)nc(-n2ccnc2)n1)C1CC1. The van der Waals surface area contributed by atoms with E-state index in [1.807, 2.05) is 4.90 Å². The van der Waals surface area contributed by atoms with Gasteiger partial charge >= 0.3 is 0 Å². The van der Waals surface area contributed by atoms with Crippen molar-refractivity contribution in [2.75, 3.05) is 17.2 Å². The van der Waals surface area contributed by atoms with Crippen LogP contribution >= 0.6 is 0 Å². The minimum absolute atomic E-state index is 0.168. The first kappa shape index (κ1) is 12.3. The van der Waals surface area contributed by atoms with Crippen molar-refractivity contribution >= 4 is 11.9 Å². The van der Waals surface area contributed by atoms with Gasteiger partial charge in [-0.05, 0) is 12.8 Å². The Hall–Kier alpha value is -2.69. The van der Waals surface area contributed by atoms with E-state index in [0.29, 0.717) is 30.9 Å². The molecular formula is C12H14N8. The fourth-order valence-electron chi connectivity index (χ4n) is 1.99. The Balaban J connectivity index is 1.93. The number of nitrogen functional groups attached to an aromatic ring is 1. The summed E-state index contributed by atoms with van der Waals surface area (Å²) in [5, 5.41) is 8.76. The summed E-state index contributed by atoms with van der Waals surface area (Å²) >= 11 is 0. The van der Waals surface area contributed by atoms with Gasteiger partial charge < -0.3 is 10.6 Å². The topological polar surface area (TPSA) is 110 Å². The summed E-state index contributed by atoms with van der Waals surface area (Å²) < 4.78 is 1.68. The van der Waals surface area contributed by atoms with Gasteiger partial charge in [-0.1, -0.05) is 0 Å². The normalized spacial score (nSPS) is 13.9. The number of hydrogen-bond acceptors (Lipinski definition) is 7. The lowest BCUT2D eigenvalue weighted by Crippen LogP contribution is -2.29. The molecule has 0 atom stereocenters. The first-order chi connectivity index (χ1) is 9.78. The fourth-order valence-corrected chi connectivity index (χ4v) is 1.99. The first-order valence-electron chi connectivity index (χ1n) is 6.41. The number of rotatable bonds is 5. The van der Waals surface area contributed by atoms with Crippen LogP contribution in [0.1, 0.15) is 19.3 Å². The fraction of sp³-hybridized carbons (Fsp3) is 0.417. The zero-order chi connectivity index (χ0) is 13.9. The van der Waals surface area contributed by atoms with E-state index in [1.54, 1.807) is 23.3 Å². The van der Waals surface area contributed by atoms with Crippen molar-refractivity contribution in [3.05, 3.63) is 18.7 Å². The number of aromatic nitrogens is 5. The lowest BCUT2D eigenvalue weighted by molar-refractivity contribution is 0.747. The average molecular weight is 270 g/mol. The van der Waals surface area contributed by atoms with E-state index in [-0.39, 0.29) is 5.95 Å². The molecule has 0 aromatic carbocycles. The van der Waals surface area contributed by atoms with Crippen molar-refractivity contribution in [2.45, 2.75) is 25.3 Å². The van der Waals surface area contributed by atoms with E-state index < -0.39 is 0 Å². The highest BCUT2D eigenvalue weighted by atomic mass is 15.3. The monoisotopic (exact) mass is 270 g/mol. The van der Waals surface area contributed by atoms with Crippen molar-refractivity contribution < 1.29 is 0 Å². The highest BCUT2D eigenvalue weighted by molar-refractivity contribution is 5.40. The molecule has 0 bridgehead atoms. The van der Waals surface area contributed by atoms with Crippen molar-refractivity contribution in [1.29, 1.82) is 5.26 Å². The molecule has 2 aromatic heterocycles. The van der Waals surface area contributed by atoms with Crippen molar-refractivity contribution in [3.63, 3.8) is 0 Å². The van der Waals surface area contributed by atoms with E-state index in [1.165, 1.54) is 0 Å². The zero-order valence-corrected chi connectivity index (χ0v) is 10.8. The summed E-state index contributed by atoms with van der Waals surface area (Å²) in [6.45, 7) is 0.605. The van der Waals surface area contributed by atoms with Crippen LogP contribution < -0.4 is 10.6 Å². The van der Waals surface area contributed by atoms with Crippen LogP contribution in [-0.4, -0.2) is 37.1 Å². The zero-order valence-electron chi connectivity index (χ0n) is 10.8. The van der Waals surface area contributed by atoms with Gasteiger partial charge in [-0.2, -0.15) is 20.2 Å². The molecule has 1 fully saturated rings. The largest absolute Gasteiger partial charge is 0.368 e. The lowest BCUT2D eigenvalue weighted by Gasteiger charge is -2.21. The number of anilines is 2. The first-order valence-corrected chi connectivity index (χ1v) is 6.41. The molecule has 8 nitrogen and oxygen atoms in total. The van der Waals surface area contributed by atoms with Crippen LogP contribution in [0.25, 0.3) is 5.95 Å². The molecule has 0 saturated heterocycles. The molecule has 3 rings (SSSR count). The summed E-state index contributed by atoms with van der Waals surface area (Å²) in [5.41, 5.74) is 5.76. The van der Waals surface area contributed by atoms with Crippen LogP contribution in [0.15, 0.2) is 18.7 Å². The molecule has 2 N–H and O–H groups in total. The van der Waals surface area contributed by atoms with Crippen LogP contribution in [0.2, 0.25) is 0 Å². The van der Waals surface area contributed by atoms with E-state index in [4.69, 9.17) is 11.0 Å². The third-order valence-corrected chi connectivity index (χ3v) is 3.07. The van der Waals surface area contributed by atoms with Gasteiger partial charge in [-0.3, -0.25) is 4.57 Å². The molecule has 2 heterocycles. The second kappa shape index (κ2) is 5.13. The number of imidazole rings is 1. The van der Waals surface area contributed by atoms with Crippen LogP contribution in [0, 0.1) is 11.3 Å². The Kier molecular flexibility index (Phi) is 3.16. The van der Waals surface area contributed by atoms with E-state index in [0.717, 1.165) is 12.8 Å². The van der Waals surface area contributed by atoms with Gasteiger partial charge in [0.25, 0.3) is 0 Å². The summed E-state index contributed by atoms with van der Waals surface area (Å²) in [7, 11) is 0. The van der Waals surface area contributed by atoms with Crippen LogP contribution in [0.5, 0.6) is 0 Å². The quantitative estimate of drug-likeness (QED) is 0.843. The molecule has 1 aliphatic carbocycles. The Morgan fingerprint density at radius 3 is 2.90 bits per heavy atom. The Labute approximate surface area is 115 Å². The predicted octanol–water partition coefficient (Wildman–Crippen LogP) is 0.522. The third-order valence-electron chi connectivity index (χ3n) is 3.07. The average Bonchev–Trinajstić information content (AvgIpc) is 3.12. The Bertz CT molecular complexity index is 625. The van der Waals surface area contributed by atoms with Gasteiger partial charge in [-0.15, -0.1) is 0 Å². The molecule has 0 amide bonds. The molecule has 0 radical (unpaired) electrons. The van der Waals surface area contributed by atoms with Gasteiger partial charge in [0.2, 0.25) is 17.8 Å². The molecule has 0 unspecified atom stereocenters. The van der Waals surface area contributed by atoms with Crippen molar-refractivity contribution in [1.82, 2.24) is 24.5 Å². The van der Waals surface area contributed by atoms with Gasteiger partial charge in [-0.25, -0.2) is 4.98 Å². The van der Waals surface area contributed by atoms with Crippen LogP contribution in [0.4, 0.5) is 11.9 Å². The molecule has 1 saturated carbocycles. The minimum Gasteiger partial charge on any atom is -0.368 e. The summed E-state index contributed by atoms with van der Waals surface area (Å²) in [5.74, 6) is 1.13. The molecule has 8 heteroatoms. The Morgan fingerprint density at radius 2 is 2.25 bits per heavy atom. The summed E-state index contributed by atoms with van der Waals surface area (Å²) in [6, 6.07) is 2.55. The minimum atomic E-state index is 0.168. The maximum absolute atomic E-state index is 8.76. The molecule has 20 heavy (non-hydrogen) atoms. The smallest absolute Gasteiger partial charge is 0.241 e. The molecule has 2 aromatic rings. The van der Waals surface area contributed by atoms with E-state index in [2.05, 4.69) is 26.0 Å².